The molecule has 1 aliphatic carbocycles. The van der Waals surface area contributed by atoms with Crippen molar-refractivity contribution in [2.24, 2.45) is 5.92 Å². The summed E-state index contributed by atoms with van der Waals surface area (Å²) in [5.41, 5.74) is 3.11. The molecular formula is C15H23NS. The Morgan fingerprint density at radius 3 is 2.88 bits per heavy atom. The summed E-state index contributed by atoms with van der Waals surface area (Å²) in [5, 5.41) is 3.73. The first-order valence-electron chi connectivity index (χ1n) is 6.58. The highest BCUT2D eigenvalue weighted by molar-refractivity contribution is 7.98. The van der Waals surface area contributed by atoms with Crippen LogP contribution >= 0.6 is 11.8 Å². The van der Waals surface area contributed by atoms with Gasteiger partial charge in [0.15, 0.2) is 0 Å². The molecule has 0 radical (unpaired) electrons. The first-order chi connectivity index (χ1) is 8.29. The largest absolute Gasteiger partial charge is 0.313 e. The maximum atomic E-state index is 3.73. The number of hydrogen-bond donors (Lipinski definition) is 1. The van der Waals surface area contributed by atoms with E-state index in [0.717, 1.165) is 12.5 Å². The average molecular weight is 249 g/mol. The van der Waals surface area contributed by atoms with E-state index in [1.807, 2.05) is 11.8 Å². The third kappa shape index (κ3) is 3.75. The fourth-order valence-electron chi connectivity index (χ4n) is 2.58. The number of fused-ring (bicyclic) bond motifs is 1. The van der Waals surface area contributed by atoms with Crippen LogP contribution in [-0.4, -0.2) is 24.6 Å². The zero-order chi connectivity index (χ0) is 12.1. The van der Waals surface area contributed by atoms with Gasteiger partial charge in [0.25, 0.3) is 0 Å². The summed E-state index contributed by atoms with van der Waals surface area (Å²) in [6.45, 7) is 3.49. The van der Waals surface area contributed by atoms with E-state index in [1.165, 1.54) is 25.0 Å². The van der Waals surface area contributed by atoms with E-state index in [-0.39, 0.29) is 0 Å². The van der Waals surface area contributed by atoms with E-state index in [0.29, 0.717) is 6.04 Å². The molecule has 0 amide bonds. The highest BCUT2D eigenvalue weighted by Gasteiger charge is 2.17. The predicted molar refractivity (Wildman–Crippen MR) is 77.8 cm³/mol. The minimum absolute atomic E-state index is 0.689. The van der Waals surface area contributed by atoms with Gasteiger partial charge in [-0.25, -0.2) is 0 Å². The molecule has 0 bridgehead atoms. The number of aryl methyl sites for hydroxylation is 1. The highest BCUT2D eigenvalue weighted by atomic mass is 32.2. The third-order valence-corrected chi connectivity index (χ3v) is 4.46. The van der Waals surface area contributed by atoms with Crippen molar-refractivity contribution in [3.8, 4) is 0 Å². The van der Waals surface area contributed by atoms with Gasteiger partial charge < -0.3 is 5.32 Å². The van der Waals surface area contributed by atoms with E-state index in [9.17, 15) is 0 Å². The van der Waals surface area contributed by atoms with Gasteiger partial charge in [-0.15, -0.1) is 0 Å². The second-order valence-corrected chi connectivity index (χ2v) is 6.09. The smallest absolute Gasteiger partial charge is 0.0111 e. The lowest BCUT2D eigenvalue weighted by molar-refractivity contribution is 0.427. The molecule has 2 atom stereocenters. The number of hydrogen-bond acceptors (Lipinski definition) is 2. The maximum absolute atomic E-state index is 3.73. The lowest BCUT2D eigenvalue weighted by Crippen LogP contribution is -2.37. The zero-order valence-electron chi connectivity index (χ0n) is 10.9. The van der Waals surface area contributed by atoms with Crippen molar-refractivity contribution in [2.75, 3.05) is 18.6 Å². The highest BCUT2D eigenvalue weighted by Crippen LogP contribution is 2.21. The number of thioether (sulfide) groups is 1. The van der Waals surface area contributed by atoms with Gasteiger partial charge in [0, 0.05) is 6.04 Å². The Morgan fingerprint density at radius 2 is 2.12 bits per heavy atom. The van der Waals surface area contributed by atoms with Crippen molar-refractivity contribution in [3.63, 3.8) is 0 Å². The van der Waals surface area contributed by atoms with Crippen LogP contribution in [0.4, 0.5) is 0 Å². The first-order valence-corrected chi connectivity index (χ1v) is 7.98. The molecule has 17 heavy (non-hydrogen) atoms. The summed E-state index contributed by atoms with van der Waals surface area (Å²) in [6.07, 6.45) is 5.93. The van der Waals surface area contributed by atoms with Crippen molar-refractivity contribution in [3.05, 3.63) is 35.4 Å². The number of rotatable bonds is 5. The third-order valence-electron chi connectivity index (χ3n) is 3.55. The van der Waals surface area contributed by atoms with E-state index < -0.39 is 0 Å². The molecule has 2 unspecified atom stereocenters. The molecule has 0 aliphatic heterocycles. The van der Waals surface area contributed by atoms with Gasteiger partial charge in [-0.05, 0) is 54.9 Å². The lowest BCUT2D eigenvalue weighted by Gasteiger charge is -2.26. The molecule has 0 fully saturated rings. The van der Waals surface area contributed by atoms with Gasteiger partial charge in [-0.2, -0.15) is 11.8 Å². The van der Waals surface area contributed by atoms with Gasteiger partial charge in [0.2, 0.25) is 0 Å². The van der Waals surface area contributed by atoms with Crippen LogP contribution in [0.2, 0.25) is 0 Å². The molecule has 94 valence electrons. The van der Waals surface area contributed by atoms with Crippen LogP contribution in [0.1, 0.15) is 24.5 Å². The molecule has 1 N–H and O–H groups in total. The SMILES string of the molecule is CSCC(C)CNC1CCc2ccccc2C1. The Kier molecular flexibility index (Phi) is 4.93. The minimum atomic E-state index is 0.689. The summed E-state index contributed by atoms with van der Waals surface area (Å²) in [5.74, 6) is 2.04. The van der Waals surface area contributed by atoms with Gasteiger partial charge in [0.05, 0.1) is 0 Å². The normalized spacial score (nSPS) is 20.9. The number of nitrogens with one attached hydrogen (secondary N) is 1. The number of benzene rings is 1. The Labute approximate surface area is 109 Å². The maximum Gasteiger partial charge on any atom is 0.0111 e. The fraction of sp³-hybridized carbons (Fsp3) is 0.600. The Hall–Kier alpha value is -0.470. The quantitative estimate of drug-likeness (QED) is 0.860. The molecule has 1 aromatic carbocycles. The van der Waals surface area contributed by atoms with Crippen LogP contribution in [0.3, 0.4) is 0 Å². The molecule has 1 aromatic rings. The van der Waals surface area contributed by atoms with Crippen molar-refractivity contribution in [2.45, 2.75) is 32.2 Å². The topological polar surface area (TPSA) is 12.0 Å². The van der Waals surface area contributed by atoms with Gasteiger partial charge in [0.1, 0.15) is 0 Å². The summed E-state index contributed by atoms with van der Waals surface area (Å²) in [7, 11) is 0. The van der Waals surface area contributed by atoms with Crippen molar-refractivity contribution in [1.82, 2.24) is 5.32 Å². The van der Waals surface area contributed by atoms with Crippen LogP contribution in [0, 0.1) is 5.92 Å². The van der Waals surface area contributed by atoms with E-state index in [1.54, 1.807) is 11.1 Å². The Balaban J connectivity index is 1.82. The zero-order valence-corrected chi connectivity index (χ0v) is 11.7. The molecule has 2 heteroatoms. The predicted octanol–water partition coefficient (Wildman–Crippen LogP) is 3.13. The van der Waals surface area contributed by atoms with Gasteiger partial charge in [-0.1, -0.05) is 31.2 Å². The molecule has 0 saturated heterocycles. The Bertz CT molecular complexity index is 351. The van der Waals surface area contributed by atoms with Crippen LogP contribution in [0.25, 0.3) is 0 Å². The van der Waals surface area contributed by atoms with Crippen LogP contribution in [0.15, 0.2) is 24.3 Å². The van der Waals surface area contributed by atoms with Crippen LogP contribution in [-0.2, 0) is 12.8 Å². The molecule has 0 heterocycles. The van der Waals surface area contributed by atoms with Crippen molar-refractivity contribution >= 4 is 11.8 Å². The summed E-state index contributed by atoms with van der Waals surface area (Å²) in [6, 6.07) is 9.58. The summed E-state index contributed by atoms with van der Waals surface area (Å²) in [4.78, 5) is 0. The molecule has 1 nitrogen and oxygen atoms in total. The second kappa shape index (κ2) is 6.46. The van der Waals surface area contributed by atoms with Gasteiger partial charge >= 0.3 is 0 Å². The Morgan fingerprint density at radius 1 is 1.35 bits per heavy atom. The van der Waals surface area contributed by atoms with Crippen molar-refractivity contribution in [1.29, 1.82) is 0 Å². The van der Waals surface area contributed by atoms with E-state index >= 15 is 0 Å². The molecule has 1 aliphatic rings. The minimum Gasteiger partial charge on any atom is -0.313 e. The van der Waals surface area contributed by atoms with Crippen LogP contribution < -0.4 is 5.32 Å². The standard InChI is InChI=1S/C15H23NS/c1-12(11-17-2)10-16-15-8-7-13-5-3-4-6-14(13)9-15/h3-6,12,15-16H,7-11H2,1-2H3. The van der Waals surface area contributed by atoms with Crippen molar-refractivity contribution < 1.29 is 0 Å². The summed E-state index contributed by atoms with van der Waals surface area (Å²) >= 11 is 1.94. The summed E-state index contributed by atoms with van der Waals surface area (Å²) < 4.78 is 0. The molecular weight excluding hydrogens is 226 g/mol. The van der Waals surface area contributed by atoms with E-state index in [2.05, 4.69) is 42.8 Å². The van der Waals surface area contributed by atoms with E-state index in [4.69, 9.17) is 0 Å². The molecule has 0 saturated carbocycles. The van der Waals surface area contributed by atoms with Crippen LogP contribution in [0.5, 0.6) is 0 Å². The first kappa shape index (κ1) is 13.0. The average Bonchev–Trinajstić information content (AvgIpc) is 2.36. The molecule has 0 spiro atoms. The second-order valence-electron chi connectivity index (χ2n) is 5.18. The molecule has 0 aromatic heterocycles. The van der Waals surface area contributed by atoms with Gasteiger partial charge in [-0.3, -0.25) is 0 Å². The monoisotopic (exact) mass is 249 g/mol. The molecule has 2 rings (SSSR count). The fourth-order valence-corrected chi connectivity index (χ4v) is 3.27. The lowest BCUT2D eigenvalue weighted by atomic mass is 9.88.